The Bertz CT molecular complexity index is 520. The van der Waals surface area contributed by atoms with Crippen LogP contribution in [0.15, 0.2) is 24.3 Å². The van der Waals surface area contributed by atoms with Gasteiger partial charge < -0.3 is 34.3 Å². The monoisotopic (exact) mass is 326 g/mol. The summed E-state index contributed by atoms with van der Waals surface area (Å²) in [5.74, 6) is 0.734. The van der Waals surface area contributed by atoms with Gasteiger partial charge in [-0.15, -0.1) is 0 Å². The van der Waals surface area contributed by atoms with E-state index in [1.807, 2.05) is 31.2 Å². The van der Waals surface area contributed by atoms with Gasteiger partial charge in [0.25, 0.3) is 0 Å². The van der Waals surface area contributed by atoms with Crippen LogP contribution in [0, 0.1) is 0 Å². The third-order valence-electron chi connectivity index (χ3n) is 4.35. The molecule has 0 aliphatic carbocycles. The molecule has 0 aromatic heterocycles. The van der Waals surface area contributed by atoms with E-state index in [-0.39, 0.29) is 6.10 Å². The average Bonchev–Trinajstić information content (AvgIpc) is 2.58. The molecule has 0 amide bonds. The van der Waals surface area contributed by atoms with E-state index in [1.54, 1.807) is 7.11 Å². The van der Waals surface area contributed by atoms with Crippen LogP contribution in [-0.4, -0.2) is 65.8 Å². The molecule has 0 spiro atoms. The van der Waals surface area contributed by atoms with E-state index in [2.05, 4.69) is 0 Å². The van der Waals surface area contributed by atoms with Crippen LogP contribution in [0.25, 0.3) is 0 Å². The number of aliphatic hydroxyl groups excluding tert-OH is 3. The second-order valence-electron chi connectivity index (χ2n) is 5.84. The van der Waals surface area contributed by atoms with Gasteiger partial charge in [-0.3, -0.25) is 0 Å². The van der Waals surface area contributed by atoms with Gasteiger partial charge in [-0.25, -0.2) is 0 Å². The zero-order valence-electron chi connectivity index (χ0n) is 13.0. The lowest BCUT2D eigenvalue weighted by atomic mass is 9.96. The second kappa shape index (κ2) is 6.72. The van der Waals surface area contributed by atoms with Crippen LogP contribution in [0.2, 0.25) is 0 Å². The lowest BCUT2D eigenvalue weighted by molar-refractivity contribution is -0.366. The molecule has 128 valence electrons. The molecule has 1 aromatic carbocycles. The summed E-state index contributed by atoms with van der Waals surface area (Å²) in [6, 6.07) is 7.38. The highest BCUT2D eigenvalue weighted by molar-refractivity contribution is 5.29. The Morgan fingerprint density at radius 3 is 2.35 bits per heavy atom. The summed E-state index contributed by atoms with van der Waals surface area (Å²) in [5.41, 5.74) is 0.878. The maximum absolute atomic E-state index is 10.2. The summed E-state index contributed by atoms with van der Waals surface area (Å²) in [6.07, 6.45) is -5.68. The normalized spacial score (nSPS) is 40.5. The molecular formula is C16H22O7. The standard InChI is InChI=1S/C16H22O7/c1-8-14(9-3-5-10(20-2)6-4-9)23-15-13(19)12(18)11(7-17)22-16(15)21-8/h3-6,8,11-19H,7H2,1-2H3/t8-,11+,12+,13-,14+,15+,16+/m0/s1. The van der Waals surface area contributed by atoms with Gasteiger partial charge in [0.15, 0.2) is 6.29 Å². The molecule has 7 atom stereocenters. The minimum atomic E-state index is -1.23. The smallest absolute Gasteiger partial charge is 0.187 e. The topological polar surface area (TPSA) is 97.6 Å². The zero-order valence-corrected chi connectivity index (χ0v) is 13.0. The van der Waals surface area contributed by atoms with Crippen LogP contribution in [0.5, 0.6) is 5.75 Å². The van der Waals surface area contributed by atoms with Crippen molar-refractivity contribution in [1.29, 1.82) is 0 Å². The number of ether oxygens (including phenoxy) is 4. The van der Waals surface area contributed by atoms with Gasteiger partial charge in [0.05, 0.1) is 19.8 Å². The maximum Gasteiger partial charge on any atom is 0.187 e. The Hall–Kier alpha value is -1.22. The van der Waals surface area contributed by atoms with E-state index in [4.69, 9.17) is 18.9 Å². The van der Waals surface area contributed by atoms with Crippen LogP contribution in [0.3, 0.4) is 0 Å². The van der Waals surface area contributed by atoms with Crippen molar-refractivity contribution in [2.45, 2.75) is 49.8 Å². The van der Waals surface area contributed by atoms with E-state index < -0.39 is 43.4 Å². The quantitative estimate of drug-likeness (QED) is 0.718. The molecule has 2 aliphatic rings. The molecule has 0 saturated carbocycles. The van der Waals surface area contributed by atoms with Gasteiger partial charge in [0.2, 0.25) is 0 Å². The molecule has 3 N–H and O–H groups in total. The van der Waals surface area contributed by atoms with Crippen molar-refractivity contribution in [3.8, 4) is 5.75 Å². The molecule has 7 heteroatoms. The van der Waals surface area contributed by atoms with Gasteiger partial charge in [0, 0.05) is 0 Å². The van der Waals surface area contributed by atoms with Crippen LogP contribution in [0.4, 0.5) is 0 Å². The van der Waals surface area contributed by atoms with Crippen molar-refractivity contribution in [3.63, 3.8) is 0 Å². The molecule has 1 aromatic rings. The average molecular weight is 326 g/mol. The Labute approximate surface area is 134 Å². The first-order valence-corrected chi connectivity index (χ1v) is 7.62. The first kappa shape index (κ1) is 16.6. The largest absolute Gasteiger partial charge is 0.497 e. The third-order valence-corrected chi connectivity index (χ3v) is 4.35. The maximum atomic E-state index is 10.2. The van der Waals surface area contributed by atoms with E-state index in [0.717, 1.165) is 11.3 Å². The van der Waals surface area contributed by atoms with Gasteiger partial charge in [-0.05, 0) is 24.6 Å². The van der Waals surface area contributed by atoms with Crippen LogP contribution < -0.4 is 4.74 Å². The lowest BCUT2D eigenvalue weighted by Crippen LogP contribution is -2.63. The zero-order chi connectivity index (χ0) is 16.6. The van der Waals surface area contributed by atoms with Crippen molar-refractivity contribution in [2.75, 3.05) is 13.7 Å². The molecule has 23 heavy (non-hydrogen) atoms. The van der Waals surface area contributed by atoms with Crippen molar-refractivity contribution < 1.29 is 34.3 Å². The fourth-order valence-corrected chi connectivity index (χ4v) is 3.02. The molecular weight excluding hydrogens is 304 g/mol. The minimum absolute atomic E-state index is 0.313. The Morgan fingerprint density at radius 1 is 1.04 bits per heavy atom. The van der Waals surface area contributed by atoms with E-state index in [9.17, 15) is 15.3 Å². The number of fused-ring (bicyclic) bond motifs is 1. The number of hydrogen-bond donors (Lipinski definition) is 3. The third kappa shape index (κ3) is 3.08. The van der Waals surface area contributed by atoms with E-state index in [0.29, 0.717) is 0 Å². The van der Waals surface area contributed by atoms with Crippen LogP contribution in [0.1, 0.15) is 18.6 Å². The Kier molecular flexibility index (Phi) is 4.86. The molecule has 3 rings (SSSR count). The molecule has 0 bridgehead atoms. The number of rotatable bonds is 3. The molecule has 7 nitrogen and oxygen atoms in total. The Morgan fingerprint density at radius 2 is 1.74 bits per heavy atom. The van der Waals surface area contributed by atoms with Crippen LogP contribution >= 0.6 is 0 Å². The van der Waals surface area contributed by atoms with Crippen molar-refractivity contribution >= 4 is 0 Å². The molecule has 2 heterocycles. The van der Waals surface area contributed by atoms with Gasteiger partial charge >= 0.3 is 0 Å². The number of hydrogen-bond acceptors (Lipinski definition) is 7. The molecule has 0 radical (unpaired) electrons. The van der Waals surface area contributed by atoms with E-state index in [1.165, 1.54) is 0 Å². The highest BCUT2D eigenvalue weighted by Crippen LogP contribution is 2.37. The fraction of sp³-hybridized carbons (Fsp3) is 0.625. The van der Waals surface area contributed by atoms with Crippen LogP contribution in [-0.2, 0) is 14.2 Å². The van der Waals surface area contributed by atoms with Crippen molar-refractivity contribution in [2.24, 2.45) is 0 Å². The summed E-state index contributed by atoms with van der Waals surface area (Å²) in [4.78, 5) is 0. The molecule has 2 aliphatic heterocycles. The summed E-state index contributed by atoms with van der Waals surface area (Å²) >= 11 is 0. The summed E-state index contributed by atoms with van der Waals surface area (Å²) in [7, 11) is 1.59. The predicted molar refractivity (Wildman–Crippen MR) is 78.9 cm³/mol. The molecule has 2 fully saturated rings. The number of aliphatic hydroxyl groups is 3. The Balaban J connectivity index is 1.78. The number of methoxy groups -OCH3 is 1. The summed E-state index contributed by atoms with van der Waals surface area (Å²) in [5, 5.41) is 29.4. The lowest BCUT2D eigenvalue weighted by Gasteiger charge is -2.48. The minimum Gasteiger partial charge on any atom is -0.497 e. The highest BCUT2D eigenvalue weighted by Gasteiger charge is 2.50. The first-order chi connectivity index (χ1) is 11.0. The van der Waals surface area contributed by atoms with Crippen molar-refractivity contribution in [3.05, 3.63) is 29.8 Å². The van der Waals surface area contributed by atoms with Gasteiger partial charge in [-0.2, -0.15) is 0 Å². The highest BCUT2D eigenvalue weighted by atomic mass is 16.7. The molecule has 2 saturated heterocycles. The summed E-state index contributed by atoms with van der Waals surface area (Å²) in [6.45, 7) is 1.45. The summed E-state index contributed by atoms with van der Waals surface area (Å²) < 4.78 is 22.4. The van der Waals surface area contributed by atoms with Gasteiger partial charge in [0.1, 0.15) is 36.3 Å². The van der Waals surface area contributed by atoms with Crippen molar-refractivity contribution in [1.82, 2.24) is 0 Å². The predicted octanol–water partition coefficient (Wildman–Crippen LogP) is -0.0208. The molecule has 0 unspecified atom stereocenters. The van der Waals surface area contributed by atoms with Gasteiger partial charge in [-0.1, -0.05) is 12.1 Å². The number of benzene rings is 1. The second-order valence-corrected chi connectivity index (χ2v) is 5.84. The van der Waals surface area contributed by atoms with E-state index >= 15 is 0 Å². The fourth-order valence-electron chi connectivity index (χ4n) is 3.02. The SMILES string of the molecule is COc1ccc([C@@H]2O[C@H]3[C@H](O[C@H]2C)O[C@H](CO)[C@@H](O)[C@@H]3O)cc1. The first-order valence-electron chi connectivity index (χ1n) is 7.62.